The maximum Gasteiger partial charge on any atom is 0.320 e. The van der Waals surface area contributed by atoms with Gasteiger partial charge in [-0.2, -0.15) is 0 Å². The Kier molecular flexibility index (Phi) is 5.88. The summed E-state index contributed by atoms with van der Waals surface area (Å²) in [6.07, 6.45) is 8.50. The van der Waals surface area contributed by atoms with Gasteiger partial charge in [-0.25, -0.2) is 4.79 Å². The molecule has 1 unspecified atom stereocenters. The number of amides is 2. The van der Waals surface area contributed by atoms with Crippen molar-refractivity contribution in [1.29, 1.82) is 0 Å². The number of aliphatic carboxylic acids is 1. The van der Waals surface area contributed by atoms with E-state index in [2.05, 4.69) is 0 Å². The van der Waals surface area contributed by atoms with Crippen molar-refractivity contribution in [1.82, 2.24) is 9.80 Å². The summed E-state index contributed by atoms with van der Waals surface area (Å²) in [5.74, 6) is -0.767. The van der Waals surface area contributed by atoms with E-state index in [0.29, 0.717) is 12.5 Å². The molecule has 0 bridgehead atoms. The van der Waals surface area contributed by atoms with Crippen molar-refractivity contribution in [2.45, 2.75) is 76.8 Å². The zero-order valence-electron chi connectivity index (χ0n) is 13.1. The van der Waals surface area contributed by atoms with E-state index in [1.807, 2.05) is 16.7 Å². The fourth-order valence-corrected chi connectivity index (χ4v) is 3.77. The predicted molar refractivity (Wildman–Crippen MR) is 81.2 cm³/mol. The molecule has 0 aromatic heterocycles. The Bertz CT molecular complexity index is 367. The number of carboxylic acids is 1. The summed E-state index contributed by atoms with van der Waals surface area (Å²) in [5, 5.41) is 8.88. The first-order chi connectivity index (χ1) is 10.1. The standard InChI is InChI=1S/C16H28N2O3/c1-2-17(13-7-3-4-8-13)16(21)18-12-6-5-9-14(18)10-11-15(19)20/h13-14H,2-12H2,1H3,(H,19,20). The molecule has 1 heterocycles. The van der Waals surface area contributed by atoms with Gasteiger partial charge in [-0.1, -0.05) is 12.8 Å². The highest BCUT2D eigenvalue weighted by Gasteiger charge is 2.33. The van der Waals surface area contributed by atoms with Crippen LogP contribution in [0.3, 0.4) is 0 Å². The summed E-state index contributed by atoms with van der Waals surface area (Å²) in [7, 11) is 0. The third-order valence-electron chi connectivity index (χ3n) is 4.92. The van der Waals surface area contributed by atoms with Crippen LogP contribution in [0.4, 0.5) is 4.79 Å². The van der Waals surface area contributed by atoms with E-state index in [0.717, 1.165) is 45.2 Å². The molecule has 1 aliphatic carbocycles. The number of carbonyl (C=O) groups excluding carboxylic acids is 1. The lowest BCUT2D eigenvalue weighted by Gasteiger charge is -2.40. The first-order valence-electron chi connectivity index (χ1n) is 8.42. The lowest BCUT2D eigenvalue weighted by molar-refractivity contribution is -0.137. The summed E-state index contributed by atoms with van der Waals surface area (Å²) in [6.45, 7) is 3.59. The van der Waals surface area contributed by atoms with Gasteiger partial charge in [0.15, 0.2) is 0 Å². The van der Waals surface area contributed by atoms with Crippen LogP contribution in [0.2, 0.25) is 0 Å². The zero-order valence-corrected chi connectivity index (χ0v) is 13.1. The molecule has 0 aromatic carbocycles. The normalized spacial score (nSPS) is 23.3. The molecular weight excluding hydrogens is 268 g/mol. The van der Waals surface area contributed by atoms with Gasteiger partial charge in [0.25, 0.3) is 0 Å². The predicted octanol–water partition coefficient (Wildman–Crippen LogP) is 3.09. The van der Waals surface area contributed by atoms with E-state index in [4.69, 9.17) is 5.11 Å². The maximum atomic E-state index is 12.9. The number of rotatable bonds is 5. The molecular formula is C16H28N2O3. The zero-order chi connectivity index (χ0) is 15.2. The van der Waals surface area contributed by atoms with Gasteiger partial charge in [0.05, 0.1) is 0 Å². The number of carbonyl (C=O) groups is 2. The lowest BCUT2D eigenvalue weighted by atomic mass is 9.98. The fraction of sp³-hybridized carbons (Fsp3) is 0.875. The topological polar surface area (TPSA) is 60.9 Å². The third-order valence-corrected chi connectivity index (χ3v) is 4.92. The fourth-order valence-electron chi connectivity index (χ4n) is 3.77. The Morgan fingerprint density at radius 1 is 1.14 bits per heavy atom. The molecule has 120 valence electrons. The number of likely N-dealkylation sites (tertiary alicyclic amines) is 1. The average molecular weight is 296 g/mol. The van der Waals surface area contributed by atoms with Gasteiger partial charge < -0.3 is 14.9 Å². The first-order valence-corrected chi connectivity index (χ1v) is 8.42. The second-order valence-corrected chi connectivity index (χ2v) is 6.28. The molecule has 1 saturated carbocycles. The molecule has 0 radical (unpaired) electrons. The molecule has 1 atom stereocenters. The van der Waals surface area contributed by atoms with E-state index in [-0.39, 0.29) is 18.5 Å². The van der Waals surface area contributed by atoms with Crippen molar-refractivity contribution in [3.8, 4) is 0 Å². The molecule has 2 fully saturated rings. The third kappa shape index (κ3) is 4.11. The van der Waals surface area contributed by atoms with Crippen molar-refractivity contribution in [2.75, 3.05) is 13.1 Å². The van der Waals surface area contributed by atoms with Crippen LogP contribution in [0.1, 0.15) is 64.7 Å². The average Bonchev–Trinajstić information content (AvgIpc) is 3.00. The molecule has 2 aliphatic rings. The van der Waals surface area contributed by atoms with Crippen LogP contribution in [0.15, 0.2) is 0 Å². The van der Waals surface area contributed by atoms with Gasteiger partial charge in [0, 0.05) is 31.6 Å². The molecule has 1 saturated heterocycles. The Labute approximate surface area is 127 Å². The Hall–Kier alpha value is -1.26. The van der Waals surface area contributed by atoms with Gasteiger partial charge in [0.2, 0.25) is 0 Å². The van der Waals surface area contributed by atoms with Crippen molar-refractivity contribution in [3.05, 3.63) is 0 Å². The number of hydrogen-bond donors (Lipinski definition) is 1. The molecule has 1 aliphatic heterocycles. The minimum atomic E-state index is -0.767. The summed E-state index contributed by atoms with van der Waals surface area (Å²) >= 11 is 0. The van der Waals surface area contributed by atoms with Gasteiger partial charge >= 0.3 is 12.0 Å². The summed E-state index contributed by atoms with van der Waals surface area (Å²) in [5.41, 5.74) is 0. The van der Waals surface area contributed by atoms with Gasteiger partial charge in [0.1, 0.15) is 0 Å². The SMILES string of the molecule is CCN(C(=O)N1CCCCC1CCC(=O)O)C1CCCC1. The first kappa shape index (κ1) is 16.1. The van der Waals surface area contributed by atoms with E-state index < -0.39 is 5.97 Å². The van der Waals surface area contributed by atoms with Crippen LogP contribution in [0.25, 0.3) is 0 Å². The highest BCUT2D eigenvalue weighted by Crippen LogP contribution is 2.27. The van der Waals surface area contributed by atoms with E-state index >= 15 is 0 Å². The van der Waals surface area contributed by atoms with Crippen LogP contribution in [-0.2, 0) is 4.79 Å². The molecule has 2 rings (SSSR count). The molecule has 1 N–H and O–H groups in total. The lowest BCUT2D eigenvalue weighted by Crippen LogP contribution is -2.52. The van der Waals surface area contributed by atoms with Crippen molar-refractivity contribution in [3.63, 3.8) is 0 Å². The number of nitrogens with zero attached hydrogens (tertiary/aromatic N) is 2. The number of urea groups is 1. The van der Waals surface area contributed by atoms with Crippen molar-refractivity contribution in [2.24, 2.45) is 0 Å². The quantitative estimate of drug-likeness (QED) is 0.848. The van der Waals surface area contributed by atoms with Crippen LogP contribution in [-0.4, -0.2) is 52.1 Å². The van der Waals surface area contributed by atoms with Crippen LogP contribution < -0.4 is 0 Å². The molecule has 2 amide bonds. The van der Waals surface area contributed by atoms with E-state index in [1.165, 1.54) is 12.8 Å². The second-order valence-electron chi connectivity index (χ2n) is 6.28. The molecule has 21 heavy (non-hydrogen) atoms. The monoisotopic (exact) mass is 296 g/mol. The number of hydrogen-bond acceptors (Lipinski definition) is 2. The number of carboxylic acid groups (broad SMARTS) is 1. The minimum Gasteiger partial charge on any atom is -0.481 e. The van der Waals surface area contributed by atoms with E-state index in [9.17, 15) is 9.59 Å². The molecule has 5 heteroatoms. The highest BCUT2D eigenvalue weighted by atomic mass is 16.4. The largest absolute Gasteiger partial charge is 0.481 e. The molecule has 0 aromatic rings. The van der Waals surface area contributed by atoms with Gasteiger partial charge in [-0.05, 0) is 45.4 Å². The maximum absolute atomic E-state index is 12.9. The van der Waals surface area contributed by atoms with Crippen LogP contribution >= 0.6 is 0 Å². The Balaban J connectivity index is 2.00. The Morgan fingerprint density at radius 3 is 2.43 bits per heavy atom. The second kappa shape index (κ2) is 7.66. The van der Waals surface area contributed by atoms with Crippen LogP contribution in [0.5, 0.6) is 0 Å². The highest BCUT2D eigenvalue weighted by molar-refractivity contribution is 5.75. The van der Waals surface area contributed by atoms with Crippen molar-refractivity contribution < 1.29 is 14.7 Å². The van der Waals surface area contributed by atoms with Crippen LogP contribution in [0, 0.1) is 0 Å². The van der Waals surface area contributed by atoms with Gasteiger partial charge in [-0.3, -0.25) is 4.79 Å². The molecule has 5 nitrogen and oxygen atoms in total. The summed E-state index contributed by atoms with van der Waals surface area (Å²) in [6, 6.07) is 0.641. The smallest absolute Gasteiger partial charge is 0.320 e. The summed E-state index contributed by atoms with van der Waals surface area (Å²) in [4.78, 5) is 27.7. The van der Waals surface area contributed by atoms with Gasteiger partial charge in [-0.15, -0.1) is 0 Å². The Morgan fingerprint density at radius 2 is 1.81 bits per heavy atom. The molecule has 0 spiro atoms. The van der Waals surface area contributed by atoms with Crippen molar-refractivity contribution >= 4 is 12.0 Å². The summed E-state index contributed by atoms with van der Waals surface area (Å²) < 4.78 is 0. The van der Waals surface area contributed by atoms with E-state index in [1.54, 1.807) is 0 Å². The number of piperidine rings is 1. The minimum absolute atomic E-state index is 0.109.